The number of carbonyl (C=O) groups excluding carboxylic acids is 1. The maximum absolute atomic E-state index is 12.7. The van der Waals surface area contributed by atoms with Gasteiger partial charge in [-0.25, -0.2) is 0 Å². The predicted molar refractivity (Wildman–Crippen MR) is 87.5 cm³/mol. The van der Waals surface area contributed by atoms with Gasteiger partial charge in [0.1, 0.15) is 5.58 Å². The molecule has 2 fully saturated rings. The summed E-state index contributed by atoms with van der Waals surface area (Å²) in [7, 11) is 1.77. The van der Waals surface area contributed by atoms with Crippen molar-refractivity contribution < 1.29 is 13.9 Å². The molecule has 2 aliphatic rings. The number of hydrogen-bond acceptors (Lipinski definition) is 4. The van der Waals surface area contributed by atoms with Crippen molar-refractivity contribution in [3.05, 3.63) is 35.6 Å². The number of likely N-dealkylation sites (tertiary alicyclic amines) is 1. The first kappa shape index (κ1) is 14.2. The minimum atomic E-state index is 0.0146. The second-order valence-corrected chi connectivity index (χ2v) is 7.76. The highest BCUT2D eigenvalue weighted by molar-refractivity contribution is 8.01. The van der Waals surface area contributed by atoms with E-state index in [1.807, 2.05) is 47.9 Å². The van der Waals surface area contributed by atoms with Crippen molar-refractivity contribution in [1.82, 2.24) is 4.90 Å². The summed E-state index contributed by atoms with van der Waals surface area (Å²) in [6, 6.07) is 7.81. The number of carbonyl (C=O) groups is 1. The molecule has 0 aliphatic carbocycles. The quantitative estimate of drug-likeness (QED) is 0.853. The molecule has 4 nitrogen and oxygen atoms in total. The first-order valence-corrected chi connectivity index (χ1v) is 8.55. The zero-order valence-electron chi connectivity index (χ0n) is 12.8. The van der Waals surface area contributed by atoms with Crippen molar-refractivity contribution in [2.24, 2.45) is 0 Å². The van der Waals surface area contributed by atoms with Gasteiger partial charge in [-0.2, -0.15) is 0 Å². The Labute approximate surface area is 133 Å². The SMILES string of the molecule is CO[C@@H]1CSC2(C1)CN(C(=O)c1oc3ccccc3c1C)C2. The zero-order chi connectivity index (χ0) is 15.3. The van der Waals surface area contributed by atoms with Gasteiger partial charge in [-0.3, -0.25) is 4.79 Å². The van der Waals surface area contributed by atoms with E-state index in [0.717, 1.165) is 41.8 Å². The summed E-state index contributed by atoms with van der Waals surface area (Å²) in [5.41, 5.74) is 1.73. The molecule has 1 aromatic carbocycles. The van der Waals surface area contributed by atoms with Gasteiger partial charge in [0.2, 0.25) is 0 Å². The molecular formula is C17H19NO3S. The highest BCUT2D eigenvalue weighted by atomic mass is 32.2. The van der Waals surface area contributed by atoms with Crippen LogP contribution in [0.1, 0.15) is 22.5 Å². The second kappa shape index (κ2) is 5.03. The summed E-state index contributed by atoms with van der Waals surface area (Å²) in [6.07, 6.45) is 1.37. The molecule has 0 saturated carbocycles. The van der Waals surface area contributed by atoms with E-state index in [1.165, 1.54) is 0 Å². The Kier molecular flexibility index (Phi) is 3.24. The molecule has 2 aliphatic heterocycles. The Morgan fingerprint density at radius 3 is 2.86 bits per heavy atom. The number of rotatable bonds is 2. The number of hydrogen-bond donors (Lipinski definition) is 0. The van der Waals surface area contributed by atoms with E-state index in [9.17, 15) is 4.79 Å². The van der Waals surface area contributed by atoms with Gasteiger partial charge in [-0.05, 0) is 19.4 Å². The molecule has 2 aromatic rings. The van der Waals surface area contributed by atoms with Crippen LogP contribution in [0.3, 0.4) is 0 Å². The minimum absolute atomic E-state index is 0.0146. The van der Waals surface area contributed by atoms with Crippen LogP contribution in [0.15, 0.2) is 28.7 Å². The molecule has 5 heteroatoms. The maximum atomic E-state index is 12.7. The number of para-hydroxylation sites is 1. The van der Waals surface area contributed by atoms with Crippen molar-refractivity contribution in [1.29, 1.82) is 0 Å². The summed E-state index contributed by atoms with van der Waals surface area (Å²) >= 11 is 1.94. The first-order chi connectivity index (χ1) is 10.6. The highest BCUT2D eigenvalue weighted by Crippen LogP contribution is 2.46. The van der Waals surface area contributed by atoms with E-state index in [2.05, 4.69) is 0 Å². The van der Waals surface area contributed by atoms with Crippen molar-refractivity contribution in [3.8, 4) is 0 Å². The molecule has 3 heterocycles. The lowest BCUT2D eigenvalue weighted by Gasteiger charge is -2.47. The van der Waals surface area contributed by atoms with Gasteiger partial charge >= 0.3 is 0 Å². The summed E-state index contributed by atoms with van der Waals surface area (Å²) in [5, 5.41) is 1.02. The fourth-order valence-corrected chi connectivity index (χ4v) is 5.08. The largest absolute Gasteiger partial charge is 0.451 e. The number of furan rings is 1. The lowest BCUT2D eigenvalue weighted by molar-refractivity contribution is 0.0426. The monoisotopic (exact) mass is 317 g/mol. The van der Waals surface area contributed by atoms with Gasteiger partial charge in [-0.1, -0.05) is 18.2 Å². The third-order valence-electron chi connectivity index (χ3n) is 4.79. The van der Waals surface area contributed by atoms with Crippen molar-refractivity contribution in [2.75, 3.05) is 26.0 Å². The van der Waals surface area contributed by atoms with Gasteiger partial charge in [0.05, 0.1) is 10.9 Å². The van der Waals surface area contributed by atoms with E-state index < -0.39 is 0 Å². The van der Waals surface area contributed by atoms with Gasteiger partial charge < -0.3 is 14.1 Å². The average molecular weight is 317 g/mol. The van der Waals surface area contributed by atoms with Gasteiger partial charge in [0.25, 0.3) is 5.91 Å². The summed E-state index contributed by atoms with van der Waals surface area (Å²) in [6.45, 7) is 3.56. The van der Waals surface area contributed by atoms with E-state index in [0.29, 0.717) is 11.9 Å². The first-order valence-electron chi connectivity index (χ1n) is 7.56. The van der Waals surface area contributed by atoms with Crippen LogP contribution in [-0.4, -0.2) is 47.6 Å². The zero-order valence-corrected chi connectivity index (χ0v) is 13.6. The number of amides is 1. The number of thioether (sulfide) groups is 1. The van der Waals surface area contributed by atoms with Crippen LogP contribution in [-0.2, 0) is 4.74 Å². The highest BCUT2D eigenvalue weighted by Gasteiger charge is 2.51. The van der Waals surface area contributed by atoms with E-state index in [4.69, 9.17) is 9.15 Å². The molecule has 116 valence electrons. The molecule has 1 spiro atoms. The summed E-state index contributed by atoms with van der Waals surface area (Å²) in [5.74, 6) is 1.53. The van der Waals surface area contributed by atoms with Crippen molar-refractivity contribution >= 4 is 28.6 Å². The number of nitrogens with zero attached hydrogens (tertiary/aromatic N) is 1. The molecule has 1 atom stereocenters. The van der Waals surface area contributed by atoms with Crippen LogP contribution in [0.2, 0.25) is 0 Å². The molecule has 4 rings (SSSR count). The number of benzene rings is 1. The number of fused-ring (bicyclic) bond motifs is 1. The fraction of sp³-hybridized carbons (Fsp3) is 0.471. The summed E-state index contributed by atoms with van der Waals surface area (Å²) in [4.78, 5) is 14.6. The Morgan fingerprint density at radius 2 is 2.18 bits per heavy atom. The maximum Gasteiger partial charge on any atom is 0.289 e. The molecular weight excluding hydrogens is 298 g/mol. The van der Waals surface area contributed by atoms with E-state index in [-0.39, 0.29) is 10.7 Å². The number of ether oxygens (including phenoxy) is 1. The van der Waals surface area contributed by atoms with Gasteiger partial charge in [0, 0.05) is 36.9 Å². The normalized spacial score (nSPS) is 23.2. The fourth-order valence-electron chi connectivity index (χ4n) is 3.49. The number of aryl methyl sites for hydroxylation is 1. The smallest absolute Gasteiger partial charge is 0.289 e. The third kappa shape index (κ3) is 2.07. The topological polar surface area (TPSA) is 42.7 Å². The molecule has 0 unspecified atom stereocenters. The van der Waals surface area contributed by atoms with Crippen LogP contribution in [0.25, 0.3) is 11.0 Å². The van der Waals surface area contributed by atoms with Crippen LogP contribution < -0.4 is 0 Å². The van der Waals surface area contributed by atoms with Gasteiger partial charge in [0.15, 0.2) is 5.76 Å². The van der Waals surface area contributed by atoms with Crippen LogP contribution in [0, 0.1) is 6.92 Å². The molecule has 1 amide bonds. The number of methoxy groups -OCH3 is 1. The molecule has 2 saturated heterocycles. The van der Waals surface area contributed by atoms with E-state index >= 15 is 0 Å². The predicted octanol–water partition coefficient (Wildman–Crippen LogP) is 3.09. The van der Waals surface area contributed by atoms with Crippen molar-refractivity contribution in [3.63, 3.8) is 0 Å². The third-order valence-corrected chi connectivity index (χ3v) is 6.37. The van der Waals surface area contributed by atoms with Crippen LogP contribution in [0.4, 0.5) is 0 Å². The summed E-state index contributed by atoms with van der Waals surface area (Å²) < 4.78 is 11.4. The minimum Gasteiger partial charge on any atom is -0.451 e. The van der Waals surface area contributed by atoms with Crippen LogP contribution >= 0.6 is 11.8 Å². The Hall–Kier alpha value is -1.46. The Bertz CT molecular complexity index is 733. The van der Waals surface area contributed by atoms with E-state index in [1.54, 1.807) is 7.11 Å². The van der Waals surface area contributed by atoms with Crippen molar-refractivity contribution in [2.45, 2.75) is 24.2 Å². The molecule has 1 aromatic heterocycles. The molecule has 0 radical (unpaired) electrons. The standard InChI is InChI=1S/C17H19NO3S/c1-11-13-5-3-4-6-14(13)21-15(11)16(19)18-9-17(10-18)7-12(20-2)8-22-17/h3-6,12H,7-10H2,1-2H3/t12-/m0/s1. The lowest BCUT2D eigenvalue weighted by atomic mass is 9.92. The molecule has 0 bridgehead atoms. The molecule has 0 N–H and O–H groups in total. The lowest BCUT2D eigenvalue weighted by Crippen LogP contribution is -2.60. The Morgan fingerprint density at radius 1 is 1.41 bits per heavy atom. The van der Waals surface area contributed by atoms with Gasteiger partial charge in [-0.15, -0.1) is 11.8 Å². The Balaban J connectivity index is 1.52. The second-order valence-electron chi connectivity index (χ2n) is 6.27. The average Bonchev–Trinajstić information content (AvgIpc) is 3.08. The van der Waals surface area contributed by atoms with Crippen LogP contribution in [0.5, 0.6) is 0 Å². The molecule has 22 heavy (non-hydrogen) atoms.